The summed E-state index contributed by atoms with van der Waals surface area (Å²) >= 11 is 0. The van der Waals surface area contributed by atoms with E-state index in [-0.39, 0.29) is 23.4 Å². The first-order valence-corrected chi connectivity index (χ1v) is 6.76. The Kier molecular flexibility index (Phi) is 4.71. The fourth-order valence-corrected chi connectivity index (χ4v) is 1.94. The number of amides is 1. The fourth-order valence-electron chi connectivity index (χ4n) is 1.94. The molecule has 0 aromatic carbocycles. The van der Waals surface area contributed by atoms with Gasteiger partial charge in [-0.1, -0.05) is 6.07 Å². The van der Waals surface area contributed by atoms with Crippen molar-refractivity contribution in [2.75, 3.05) is 5.32 Å². The molecular formula is C15H17N3O3. The molecule has 110 valence electrons. The number of aromatic nitrogens is 2. The van der Waals surface area contributed by atoms with E-state index in [4.69, 9.17) is 0 Å². The molecule has 1 amide bonds. The Balaban J connectivity index is 1.98. The Labute approximate surface area is 121 Å². The van der Waals surface area contributed by atoms with Crippen molar-refractivity contribution >= 4 is 11.6 Å². The minimum Gasteiger partial charge on any atom is -0.325 e. The monoisotopic (exact) mass is 287 g/mol. The molecule has 0 aliphatic heterocycles. The lowest BCUT2D eigenvalue weighted by Gasteiger charge is -2.08. The lowest BCUT2D eigenvalue weighted by molar-refractivity contribution is -0.116. The Morgan fingerprint density at radius 2 is 1.86 bits per heavy atom. The standard InChI is InChI=1S/C15H17N3O3/c1-2-17-11-12(6-7-15(17)21)16-13(19)8-10-18-9-4-3-5-14(18)20/h3-7,9,11H,2,8,10H2,1H3,(H,16,19). The molecular weight excluding hydrogens is 270 g/mol. The average molecular weight is 287 g/mol. The first-order chi connectivity index (χ1) is 10.1. The predicted molar refractivity (Wildman–Crippen MR) is 80.3 cm³/mol. The highest BCUT2D eigenvalue weighted by atomic mass is 16.2. The summed E-state index contributed by atoms with van der Waals surface area (Å²) in [6, 6.07) is 7.85. The molecule has 0 aliphatic rings. The van der Waals surface area contributed by atoms with Crippen molar-refractivity contribution in [1.29, 1.82) is 0 Å². The van der Waals surface area contributed by atoms with Crippen LogP contribution in [0, 0.1) is 0 Å². The van der Waals surface area contributed by atoms with Gasteiger partial charge in [-0.05, 0) is 19.1 Å². The van der Waals surface area contributed by atoms with Crippen LogP contribution in [0.25, 0.3) is 0 Å². The highest BCUT2D eigenvalue weighted by molar-refractivity contribution is 5.90. The molecule has 2 aromatic heterocycles. The Morgan fingerprint density at radius 1 is 1.10 bits per heavy atom. The van der Waals surface area contributed by atoms with E-state index < -0.39 is 0 Å². The number of rotatable bonds is 5. The Hall–Kier alpha value is -2.63. The molecule has 1 N–H and O–H groups in total. The number of hydrogen-bond donors (Lipinski definition) is 1. The molecule has 0 aliphatic carbocycles. The van der Waals surface area contributed by atoms with Gasteiger partial charge >= 0.3 is 0 Å². The van der Waals surface area contributed by atoms with Crippen molar-refractivity contribution in [2.45, 2.75) is 26.4 Å². The van der Waals surface area contributed by atoms with E-state index in [1.165, 1.54) is 21.3 Å². The van der Waals surface area contributed by atoms with Crippen LogP contribution in [0.5, 0.6) is 0 Å². The third-order valence-corrected chi connectivity index (χ3v) is 3.09. The number of carbonyl (C=O) groups excluding carboxylic acids is 1. The second-order valence-corrected chi connectivity index (χ2v) is 4.57. The zero-order valence-corrected chi connectivity index (χ0v) is 11.8. The fraction of sp³-hybridized carbons (Fsp3) is 0.267. The van der Waals surface area contributed by atoms with E-state index in [0.29, 0.717) is 18.8 Å². The summed E-state index contributed by atoms with van der Waals surface area (Å²) in [5.41, 5.74) is 0.332. The summed E-state index contributed by atoms with van der Waals surface area (Å²) < 4.78 is 2.99. The van der Waals surface area contributed by atoms with Crippen LogP contribution in [-0.4, -0.2) is 15.0 Å². The van der Waals surface area contributed by atoms with E-state index in [0.717, 1.165) is 0 Å². The van der Waals surface area contributed by atoms with E-state index in [1.807, 2.05) is 6.92 Å². The van der Waals surface area contributed by atoms with Crippen LogP contribution in [0.3, 0.4) is 0 Å². The van der Waals surface area contributed by atoms with Gasteiger partial charge in [-0.25, -0.2) is 0 Å². The molecule has 0 fully saturated rings. The van der Waals surface area contributed by atoms with Crippen LogP contribution < -0.4 is 16.4 Å². The maximum absolute atomic E-state index is 11.9. The Bertz CT molecular complexity index is 746. The molecule has 2 rings (SSSR count). The molecule has 0 saturated carbocycles. The molecule has 0 spiro atoms. The van der Waals surface area contributed by atoms with Gasteiger partial charge in [-0.3, -0.25) is 14.4 Å². The second-order valence-electron chi connectivity index (χ2n) is 4.57. The number of hydrogen-bond acceptors (Lipinski definition) is 3. The molecule has 2 aromatic rings. The van der Waals surface area contributed by atoms with Crippen molar-refractivity contribution < 1.29 is 4.79 Å². The first kappa shape index (κ1) is 14.8. The van der Waals surface area contributed by atoms with Crippen LogP contribution in [0.4, 0.5) is 5.69 Å². The van der Waals surface area contributed by atoms with Crippen LogP contribution in [0.1, 0.15) is 13.3 Å². The molecule has 0 radical (unpaired) electrons. The first-order valence-electron chi connectivity index (χ1n) is 6.76. The highest BCUT2D eigenvalue weighted by Gasteiger charge is 2.04. The summed E-state index contributed by atoms with van der Waals surface area (Å²) in [4.78, 5) is 34.8. The minimum absolute atomic E-state index is 0.105. The van der Waals surface area contributed by atoms with Crippen LogP contribution in [-0.2, 0) is 17.9 Å². The van der Waals surface area contributed by atoms with E-state index in [9.17, 15) is 14.4 Å². The van der Waals surface area contributed by atoms with Crippen molar-refractivity contribution in [3.05, 3.63) is 63.4 Å². The summed E-state index contributed by atoms with van der Waals surface area (Å²) in [6.07, 6.45) is 3.44. The van der Waals surface area contributed by atoms with Gasteiger partial charge in [0, 0.05) is 44.0 Å². The van der Waals surface area contributed by atoms with Gasteiger partial charge in [0.15, 0.2) is 0 Å². The normalized spacial score (nSPS) is 10.3. The van der Waals surface area contributed by atoms with E-state index >= 15 is 0 Å². The maximum atomic E-state index is 11.9. The molecule has 0 bridgehead atoms. The molecule has 0 atom stereocenters. The molecule has 6 heteroatoms. The summed E-state index contributed by atoms with van der Waals surface area (Å²) in [6.45, 7) is 2.72. The molecule has 6 nitrogen and oxygen atoms in total. The number of nitrogens with one attached hydrogen (secondary N) is 1. The lowest BCUT2D eigenvalue weighted by Crippen LogP contribution is -2.23. The minimum atomic E-state index is -0.202. The number of aryl methyl sites for hydroxylation is 2. The third-order valence-electron chi connectivity index (χ3n) is 3.09. The van der Waals surface area contributed by atoms with Gasteiger partial charge < -0.3 is 14.5 Å². The van der Waals surface area contributed by atoms with E-state index in [1.54, 1.807) is 30.6 Å². The quantitative estimate of drug-likeness (QED) is 0.893. The van der Waals surface area contributed by atoms with Crippen molar-refractivity contribution in [3.63, 3.8) is 0 Å². The summed E-state index contributed by atoms with van der Waals surface area (Å²) in [7, 11) is 0. The number of anilines is 1. The van der Waals surface area contributed by atoms with Gasteiger partial charge in [0.05, 0.1) is 5.69 Å². The van der Waals surface area contributed by atoms with E-state index in [2.05, 4.69) is 5.32 Å². The van der Waals surface area contributed by atoms with Crippen LogP contribution >= 0.6 is 0 Å². The maximum Gasteiger partial charge on any atom is 0.250 e. The molecule has 0 saturated heterocycles. The van der Waals surface area contributed by atoms with Gasteiger partial charge in [-0.2, -0.15) is 0 Å². The van der Waals surface area contributed by atoms with Gasteiger partial charge in [-0.15, -0.1) is 0 Å². The van der Waals surface area contributed by atoms with Crippen LogP contribution in [0.2, 0.25) is 0 Å². The lowest BCUT2D eigenvalue weighted by atomic mass is 10.3. The number of pyridine rings is 2. The smallest absolute Gasteiger partial charge is 0.250 e. The largest absolute Gasteiger partial charge is 0.325 e. The van der Waals surface area contributed by atoms with Crippen molar-refractivity contribution in [3.8, 4) is 0 Å². The van der Waals surface area contributed by atoms with Gasteiger partial charge in [0.25, 0.3) is 11.1 Å². The average Bonchev–Trinajstić information content (AvgIpc) is 2.48. The highest BCUT2D eigenvalue weighted by Crippen LogP contribution is 2.04. The number of nitrogens with zero attached hydrogens (tertiary/aromatic N) is 2. The van der Waals surface area contributed by atoms with Crippen LogP contribution in [0.15, 0.2) is 52.3 Å². The topological polar surface area (TPSA) is 73.1 Å². The zero-order chi connectivity index (χ0) is 15.2. The van der Waals surface area contributed by atoms with Gasteiger partial charge in [0.1, 0.15) is 0 Å². The van der Waals surface area contributed by atoms with Crippen molar-refractivity contribution in [1.82, 2.24) is 9.13 Å². The third kappa shape index (κ3) is 3.92. The van der Waals surface area contributed by atoms with Crippen molar-refractivity contribution in [2.24, 2.45) is 0 Å². The molecule has 21 heavy (non-hydrogen) atoms. The Morgan fingerprint density at radius 3 is 2.57 bits per heavy atom. The zero-order valence-electron chi connectivity index (χ0n) is 11.8. The SMILES string of the molecule is CCn1cc(NC(=O)CCn2ccccc2=O)ccc1=O. The second kappa shape index (κ2) is 6.69. The predicted octanol–water partition coefficient (Wildman–Crippen LogP) is 1.06. The molecule has 2 heterocycles. The summed E-state index contributed by atoms with van der Waals surface area (Å²) in [5.74, 6) is -0.202. The summed E-state index contributed by atoms with van der Waals surface area (Å²) in [5, 5.41) is 2.72. The van der Waals surface area contributed by atoms with Gasteiger partial charge in [0.2, 0.25) is 5.91 Å². The number of carbonyl (C=O) groups is 1. The molecule has 0 unspecified atom stereocenters.